The molecular formula is C14H12INO4. The van der Waals surface area contributed by atoms with Gasteiger partial charge in [-0.2, -0.15) is 0 Å². The number of phenols is 1. The van der Waals surface area contributed by atoms with Crippen molar-refractivity contribution in [2.75, 3.05) is 0 Å². The Balaban J connectivity index is 2.13. The Hall–Kier alpha value is -1.80. The summed E-state index contributed by atoms with van der Waals surface area (Å²) in [5.74, 6) is 0.983. The van der Waals surface area contributed by atoms with Crippen LogP contribution in [0.2, 0.25) is 0 Å². The Morgan fingerprint density at radius 1 is 1.20 bits per heavy atom. The molecule has 0 aliphatic carbocycles. The molecule has 0 aliphatic heterocycles. The maximum absolute atomic E-state index is 11.1. The molecule has 0 saturated carbocycles. The average Bonchev–Trinajstić information content (AvgIpc) is 2.44. The van der Waals surface area contributed by atoms with Gasteiger partial charge in [-0.25, -0.2) is 5.48 Å². The number of hydrogen-bond acceptors (Lipinski definition) is 4. The second-order valence-electron chi connectivity index (χ2n) is 4.07. The first kappa shape index (κ1) is 14.6. The first-order chi connectivity index (χ1) is 9.58. The quantitative estimate of drug-likeness (QED) is 0.430. The van der Waals surface area contributed by atoms with Crippen LogP contribution in [0.4, 0.5) is 0 Å². The number of aromatic hydroxyl groups is 1. The van der Waals surface area contributed by atoms with Gasteiger partial charge in [0.1, 0.15) is 17.2 Å². The lowest BCUT2D eigenvalue weighted by Gasteiger charge is -2.09. The molecule has 0 atom stereocenters. The zero-order valence-electron chi connectivity index (χ0n) is 10.3. The fourth-order valence-corrected chi connectivity index (χ4v) is 2.29. The van der Waals surface area contributed by atoms with Gasteiger partial charge in [0.05, 0.1) is 9.99 Å². The molecule has 1 amide bonds. The maximum atomic E-state index is 11.1. The highest BCUT2D eigenvalue weighted by Gasteiger charge is 2.07. The van der Waals surface area contributed by atoms with E-state index in [1.165, 1.54) is 0 Å². The minimum atomic E-state index is -0.465. The summed E-state index contributed by atoms with van der Waals surface area (Å²) in [6.45, 7) is 0. The average molecular weight is 385 g/mol. The Morgan fingerprint density at radius 3 is 2.50 bits per heavy atom. The van der Waals surface area contributed by atoms with Crippen molar-refractivity contribution in [1.29, 1.82) is 0 Å². The van der Waals surface area contributed by atoms with E-state index in [4.69, 9.17) is 9.94 Å². The number of hydrogen-bond donors (Lipinski definition) is 3. The van der Waals surface area contributed by atoms with Crippen LogP contribution in [0.25, 0.3) is 0 Å². The smallest absolute Gasteiger partial charge is 0.247 e. The predicted octanol–water partition coefficient (Wildman–Crippen LogP) is 2.84. The topological polar surface area (TPSA) is 78.8 Å². The number of rotatable bonds is 4. The number of carbonyl (C=O) groups excluding carboxylic acids is 1. The van der Waals surface area contributed by atoms with Crippen LogP contribution in [0.15, 0.2) is 42.5 Å². The van der Waals surface area contributed by atoms with Crippen molar-refractivity contribution in [2.24, 2.45) is 0 Å². The molecule has 0 aliphatic rings. The van der Waals surface area contributed by atoms with Crippen molar-refractivity contribution < 1.29 is 19.8 Å². The van der Waals surface area contributed by atoms with Gasteiger partial charge in [-0.1, -0.05) is 6.07 Å². The molecule has 0 unspecified atom stereocenters. The number of carbonyl (C=O) groups is 1. The summed E-state index contributed by atoms with van der Waals surface area (Å²) in [6, 6.07) is 11.7. The zero-order valence-corrected chi connectivity index (χ0v) is 12.5. The third-order valence-corrected chi connectivity index (χ3v) is 3.39. The molecule has 0 fully saturated rings. The SMILES string of the molecule is O=C(Cc1ccc(Oc2ccc(O)cc2)c(I)c1)NO. The van der Waals surface area contributed by atoms with Crippen LogP contribution in [0.5, 0.6) is 17.2 Å². The van der Waals surface area contributed by atoms with Crippen molar-refractivity contribution >= 4 is 28.5 Å². The van der Waals surface area contributed by atoms with Crippen molar-refractivity contribution in [1.82, 2.24) is 5.48 Å². The fourth-order valence-electron chi connectivity index (χ4n) is 1.60. The molecule has 2 rings (SSSR count). The molecule has 5 nitrogen and oxygen atoms in total. The van der Waals surface area contributed by atoms with Crippen LogP contribution >= 0.6 is 22.6 Å². The molecule has 0 bridgehead atoms. The Bertz CT molecular complexity index is 613. The van der Waals surface area contributed by atoms with E-state index in [9.17, 15) is 9.90 Å². The number of hydroxylamine groups is 1. The zero-order chi connectivity index (χ0) is 14.5. The molecule has 0 saturated heterocycles. The van der Waals surface area contributed by atoms with Gasteiger partial charge in [0.25, 0.3) is 0 Å². The number of benzene rings is 2. The summed E-state index contributed by atoms with van der Waals surface area (Å²) in [4.78, 5) is 11.1. The summed E-state index contributed by atoms with van der Waals surface area (Å²) >= 11 is 2.11. The first-order valence-electron chi connectivity index (χ1n) is 5.77. The van der Waals surface area contributed by atoms with Gasteiger partial charge in [0.2, 0.25) is 5.91 Å². The van der Waals surface area contributed by atoms with Gasteiger partial charge in [0, 0.05) is 0 Å². The first-order valence-corrected chi connectivity index (χ1v) is 6.84. The normalized spacial score (nSPS) is 10.1. The predicted molar refractivity (Wildman–Crippen MR) is 81.0 cm³/mol. The highest BCUT2D eigenvalue weighted by molar-refractivity contribution is 14.1. The Labute approximate surface area is 129 Å². The second kappa shape index (κ2) is 6.58. The number of amides is 1. The Morgan fingerprint density at radius 2 is 1.90 bits per heavy atom. The molecule has 6 heteroatoms. The highest BCUT2D eigenvalue weighted by Crippen LogP contribution is 2.28. The number of ether oxygens (including phenoxy) is 1. The van der Waals surface area contributed by atoms with Gasteiger partial charge < -0.3 is 9.84 Å². The van der Waals surface area contributed by atoms with E-state index < -0.39 is 5.91 Å². The highest BCUT2D eigenvalue weighted by atomic mass is 127. The van der Waals surface area contributed by atoms with Crippen LogP contribution in [0.3, 0.4) is 0 Å². The third kappa shape index (κ3) is 3.84. The van der Waals surface area contributed by atoms with E-state index in [0.29, 0.717) is 11.5 Å². The summed E-state index contributed by atoms with van der Waals surface area (Å²) < 4.78 is 6.53. The summed E-state index contributed by atoms with van der Waals surface area (Å²) in [5.41, 5.74) is 2.37. The monoisotopic (exact) mass is 385 g/mol. The molecule has 0 spiro atoms. The lowest BCUT2D eigenvalue weighted by Crippen LogP contribution is -2.20. The van der Waals surface area contributed by atoms with Crippen LogP contribution < -0.4 is 10.2 Å². The van der Waals surface area contributed by atoms with E-state index in [0.717, 1.165) is 9.13 Å². The molecule has 0 heterocycles. The van der Waals surface area contributed by atoms with E-state index in [1.54, 1.807) is 41.9 Å². The molecule has 20 heavy (non-hydrogen) atoms. The van der Waals surface area contributed by atoms with Gasteiger partial charge in [-0.3, -0.25) is 10.0 Å². The van der Waals surface area contributed by atoms with Crippen molar-refractivity contribution in [2.45, 2.75) is 6.42 Å². The molecular weight excluding hydrogens is 373 g/mol. The summed E-state index contributed by atoms with van der Waals surface area (Å²) in [7, 11) is 0. The minimum Gasteiger partial charge on any atom is -0.508 e. The van der Waals surface area contributed by atoms with Crippen LogP contribution in [-0.2, 0) is 11.2 Å². The van der Waals surface area contributed by atoms with Crippen LogP contribution in [-0.4, -0.2) is 16.2 Å². The van der Waals surface area contributed by atoms with E-state index in [2.05, 4.69) is 22.6 Å². The van der Waals surface area contributed by atoms with Crippen LogP contribution in [0, 0.1) is 3.57 Å². The van der Waals surface area contributed by atoms with Crippen LogP contribution in [0.1, 0.15) is 5.56 Å². The molecule has 0 radical (unpaired) electrons. The van der Waals surface area contributed by atoms with Crippen molar-refractivity contribution in [3.63, 3.8) is 0 Å². The van der Waals surface area contributed by atoms with Crippen molar-refractivity contribution in [3.05, 3.63) is 51.6 Å². The molecule has 2 aromatic rings. The molecule has 3 N–H and O–H groups in total. The number of halogens is 1. The second-order valence-corrected chi connectivity index (χ2v) is 5.23. The lowest BCUT2D eigenvalue weighted by molar-refractivity contribution is -0.128. The van der Waals surface area contributed by atoms with Gasteiger partial charge >= 0.3 is 0 Å². The summed E-state index contributed by atoms with van der Waals surface area (Å²) in [5, 5.41) is 17.7. The maximum Gasteiger partial charge on any atom is 0.247 e. The number of nitrogens with one attached hydrogen (secondary N) is 1. The third-order valence-electron chi connectivity index (χ3n) is 2.55. The fraction of sp³-hybridized carbons (Fsp3) is 0.0714. The molecule has 0 aromatic heterocycles. The molecule has 104 valence electrons. The van der Waals surface area contributed by atoms with E-state index in [-0.39, 0.29) is 12.2 Å². The summed E-state index contributed by atoms with van der Waals surface area (Å²) in [6.07, 6.45) is 0.103. The van der Waals surface area contributed by atoms with E-state index >= 15 is 0 Å². The lowest BCUT2D eigenvalue weighted by atomic mass is 10.1. The minimum absolute atomic E-state index is 0.103. The van der Waals surface area contributed by atoms with Gasteiger partial charge in [-0.05, 0) is 64.6 Å². The van der Waals surface area contributed by atoms with Crippen molar-refractivity contribution in [3.8, 4) is 17.2 Å². The Kier molecular flexibility index (Phi) is 4.80. The van der Waals surface area contributed by atoms with Gasteiger partial charge in [0.15, 0.2) is 0 Å². The number of phenolic OH excluding ortho intramolecular Hbond substituents is 1. The standard InChI is InChI=1S/C14H12INO4/c15-12-7-9(8-14(18)16-19)1-6-13(12)20-11-4-2-10(17)3-5-11/h1-7,17,19H,8H2,(H,16,18). The van der Waals surface area contributed by atoms with E-state index in [1.807, 2.05) is 6.07 Å². The van der Waals surface area contributed by atoms with Gasteiger partial charge in [-0.15, -0.1) is 0 Å². The largest absolute Gasteiger partial charge is 0.508 e. The molecule has 2 aromatic carbocycles.